The number of aromatic nitrogens is 3. The van der Waals surface area contributed by atoms with E-state index in [0.717, 1.165) is 16.9 Å². The lowest BCUT2D eigenvalue weighted by atomic mass is 9.93. The van der Waals surface area contributed by atoms with Gasteiger partial charge in [0.1, 0.15) is 20.8 Å². The highest BCUT2D eigenvalue weighted by molar-refractivity contribution is 7.91. The highest BCUT2D eigenvalue weighted by Crippen LogP contribution is 2.58. The second-order valence-corrected chi connectivity index (χ2v) is 11.0. The van der Waals surface area contributed by atoms with Gasteiger partial charge in [-0.05, 0) is 47.0 Å². The predicted molar refractivity (Wildman–Crippen MR) is 117 cm³/mol. The lowest BCUT2D eigenvalue weighted by Gasteiger charge is -2.20. The Kier molecular flexibility index (Phi) is 4.42. The molecule has 2 aromatic heterocycles. The molecule has 3 N–H and O–H groups in total. The minimum absolute atomic E-state index is 0.00571. The Bertz CT molecular complexity index is 1460. The zero-order chi connectivity index (χ0) is 22.7. The Labute approximate surface area is 186 Å². The number of carbonyl (C=O) groups is 1. The molecular formula is C21H18N4O5S2. The van der Waals surface area contributed by atoms with Gasteiger partial charge in [-0.25, -0.2) is 8.42 Å². The van der Waals surface area contributed by atoms with Crippen molar-refractivity contribution < 1.29 is 23.5 Å². The fraction of sp³-hybridized carbons (Fsp3) is 0.190. The van der Waals surface area contributed by atoms with Gasteiger partial charge in [0.2, 0.25) is 0 Å². The van der Waals surface area contributed by atoms with Crippen LogP contribution in [0.2, 0.25) is 0 Å². The smallest absolute Gasteiger partial charge is 0.325 e. The number of carboxylic acids is 1. The van der Waals surface area contributed by atoms with Gasteiger partial charge in [0.05, 0.1) is 0 Å². The molecule has 11 heteroatoms. The van der Waals surface area contributed by atoms with E-state index in [0.29, 0.717) is 26.3 Å². The van der Waals surface area contributed by atoms with Crippen LogP contribution in [0.15, 0.2) is 64.9 Å². The molecule has 0 bridgehead atoms. The maximum absolute atomic E-state index is 13.2. The molecule has 1 aliphatic carbocycles. The van der Waals surface area contributed by atoms with Crippen molar-refractivity contribution in [2.45, 2.75) is 28.5 Å². The quantitative estimate of drug-likeness (QED) is 0.369. The Balaban J connectivity index is 1.47. The summed E-state index contributed by atoms with van der Waals surface area (Å²) in [4.78, 5) is 13.5. The summed E-state index contributed by atoms with van der Waals surface area (Å²) in [6.45, 7) is 1.75. The van der Waals surface area contributed by atoms with E-state index in [4.69, 9.17) is 0 Å². The van der Waals surface area contributed by atoms with Gasteiger partial charge < -0.3 is 10.3 Å². The first-order valence-electron chi connectivity index (χ1n) is 9.64. The standard InChI is InChI=1S/C21H18N4O5S2/c1-20(14-5-3-2-4-6-14)12-21(20,19(26)27)23-32(29,30)18-10-9-17(31-18)13-7-8-15-16(11-13)25(28)24-22-15/h2-11,23,28H,12H2,1H3,(H,26,27)/t20-,21-/m1/s1. The number of benzene rings is 2. The number of thiophene rings is 1. The highest BCUT2D eigenvalue weighted by atomic mass is 32.2. The summed E-state index contributed by atoms with van der Waals surface area (Å²) in [5.74, 6) is -1.21. The molecule has 0 aliphatic heterocycles. The van der Waals surface area contributed by atoms with Crippen LogP contribution in [-0.2, 0) is 20.2 Å². The van der Waals surface area contributed by atoms with Crippen LogP contribution in [0.4, 0.5) is 0 Å². The molecule has 0 spiro atoms. The molecule has 1 saturated carbocycles. The third kappa shape index (κ3) is 3.00. The first-order chi connectivity index (χ1) is 15.2. The van der Waals surface area contributed by atoms with Gasteiger partial charge in [-0.3, -0.25) is 4.79 Å². The number of carboxylic acid groups (broad SMARTS) is 1. The monoisotopic (exact) mass is 470 g/mol. The van der Waals surface area contributed by atoms with Crippen LogP contribution >= 0.6 is 11.3 Å². The minimum Gasteiger partial charge on any atom is -0.480 e. The average molecular weight is 471 g/mol. The Morgan fingerprint density at radius 2 is 1.91 bits per heavy atom. The topological polar surface area (TPSA) is 134 Å². The largest absolute Gasteiger partial charge is 0.480 e. The van der Waals surface area contributed by atoms with E-state index >= 15 is 0 Å². The summed E-state index contributed by atoms with van der Waals surface area (Å²) in [6, 6.07) is 17.2. The normalized spacial score (nSPS) is 22.8. The van der Waals surface area contributed by atoms with Crippen LogP contribution < -0.4 is 4.72 Å². The van der Waals surface area contributed by atoms with E-state index in [1.807, 2.05) is 6.07 Å². The van der Waals surface area contributed by atoms with Crippen molar-refractivity contribution in [1.29, 1.82) is 0 Å². The van der Waals surface area contributed by atoms with Gasteiger partial charge in [-0.15, -0.1) is 16.4 Å². The number of aliphatic carboxylic acids is 1. The van der Waals surface area contributed by atoms with Gasteiger partial charge in [0, 0.05) is 10.3 Å². The fourth-order valence-electron chi connectivity index (χ4n) is 4.10. The number of nitrogens with zero attached hydrogens (tertiary/aromatic N) is 3. The summed E-state index contributed by atoms with van der Waals surface area (Å²) in [5, 5.41) is 27.0. The Hall–Kier alpha value is -3.28. The first kappa shape index (κ1) is 20.6. The third-order valence-corrected chi connectivity index (χ3v) is 9.20. The molecule has 0 amide bonds. The Morgan fingerprint density at radius 3 is 2.62 bits per heavy atom. The Morgan fingerprint density at radius 1 is 1.16 bits per heavy atom. The number of rotatable bonds is 6. The fourth-order valence-corrected chi connectivity index (χ4v) is 6.86. The van der Waals surface area contributed by atoms with E-state index in [-0.39, 0.29) is 10.6 Å². The van der Waals surface area contributed by atoms with Gasteiger partial charge in [0.15, 0.2) is 0 Å². The van der Waals surface area contributed by atoms with Gasteiger partial charge >= 0.3 is 5.97 Å². The van der Waals surface area contributed by atoms with E-state index in [1.165, 1.54) is 6.07 Å². The molecule has 4 aromatic rings. The average Bonchev–Trinajstić information content (AvgIpc) is 3.12. The van der Waals surface area contributed by atoms with E-state index in [9.17, 15) is 23.5 Å². The maximum Gasteiger partial charge on any atom is 0.325 e. The van der Waals surface area contributed by atoms with Crippen molar-refractivity contribution in [2.75, 3.05) is 0 Å². The number of hydrogen-bond donors (Lipinski definition) is 3. The highest BCUT2D eigenvalue weighted by Gasteiger charge is 2.72. The molecule has 1 fully saturated rings. The van der Waals surface area contributed by atoms with E-state index in [1.54, 1.807) is 55.5 Å². The molecule has 0 unspecified atom stereocenters. The SMILES string of the molecule is C[C@]1(c2ccccc2)C[C@@]1(NS(=O)(=O)c1ccc(-c2ccc3nnn(O)c3c2)s1)C(=O)O. The van der Waals surface area contributed by atoms with E-state index < -0.39 is 26.9 Å². The number of nitrogens with one attached hydrogen (secondary N) is 1. The second kappa shape index (κ2) is 6.86. The summed E-state index contributed by atoms with van der Waals surface area (Å²) in [7, 11) is -4.10. The van der Waals surface area contributed by atoms with Crippen molar-refractivity contribution >= 4 is 38.4 Å². The summed E-state index contributed by atoms with van der Waals surface area (Å²) < 4.78 is 28.8. The number of hydrogen-bond acceptors (Lipinski definition) is 7. The van der Waals surface area contributed by atoms with Crippen molar-refractivity contribution in [3.05, 3.63) is 66.2 Å². The lowest BCUT2D eigenvalue weighted by molar-refractivity contribution is -0.140. The minimum atomic E-state index is -4.10. The maximum atomic E-state index is 13.2. The van der Waals surface area contributed by atoms with Crippen molar-refractivity contribution in [3.63, 3.8) is 0 Å². The molecule has 5 rings (SSSR count). The van der Waals surface area contributed by atoms with Crippen LogP contribution in [0.25, 0.3) is 21.5 Å². The summed E-state index contributed by atoms with van der Waals surface area (Å²) in [5.41, 5.74) is -0.148. The second-order valence-electron chi connectivity index (χ2n) is 7.99. The van der Waals surface area contributed by atoms with Crippen LogP contribution in [0, 0.1) is 0 Å². The van der Waals surface area contributed by atoms with Gasteiger partial charge in [-0.2, -0.15) is 4.72 Å². The first-order valence-corrected chi connectivity index (χ1v) is 11.9. The number of sulfonamides is 1. The molecule has 1 aliphatic rings. The third-order valence-electron chi connectivity index (χ3n) is 6.08. The van der Waals surface area contributed by atoms with Crippen LogP contribution in [-0.4, -0.2) is 45.4 Å². The summed E-state index contributed by atoms with van der Waals surface area (Å²) in [6.07, 6.45) is 0.154. The zero-order valence-corrected chi connectivity index (χ0v) is 18.4. The molecular weight excluding hydrogens is 452 g/mol. The van der Waals surface area contributed by atoms with Gasteiger partial charge in [-0.1, -0.05) is 48.2 Å². The van der Waals surface area contributed by atoms with Crippen molar-refractivity contribution in [3.8, 4) is 10.4 Å². The van der Waals surface area contributed by atoms with Crippen molar-refractivity contribution in [2.24, 2.45) is 0 Å². The molecule has 0 radical (unpaired) electrons. The molecule has 2 heterocycles. The molecule has 2 atom stereocenters. The van der Waals surface area contributed by atoms with Crippen molar-refractivity contribution in [1.82, 2.24) is 19.9 Å². The molecule has 32 heavy (non-hydrogen) atoms. The van der Waals surface area contributed by atoms with Crippen LogP contribution in [0.1, 0.15) is 18.9 Å². The lowest BCUT2D eigenvalue weighted by Crippen LogP contribution is -2.47. The zero-order valence-electron chi connectivity index (χ0n) is 16.8. The summed E-state index contributed by atoms with van der Waals surface area (Å²) >= 11 is 1.01. The molecule has 164 valence electrons. The predicted octanol–water partition coefficient (Wildman–Crippen LogP) is 2.86. The van der Waals surface area contributed by atoms with Crippen LogP contribution in [0.5, 0.6) is 0 Å². The molecule has 9 nitrogen and oxygen atoms in total. The van der Waals surface area contributed by atoms with Crippen LogP contribution in [0.3, 0.4) is 0 Å². The van der Waals surface area contributed by atoms with E-state index in [2.05, 4.69) is 15.0 Å². The van der Waals surface area contributed by atoms with Gasteiger partial charge in [0.25, 0.3) is 10.0 Å². The number of fused-ring (bicyclic) bond motifs is 1. The molecule has 2 aromatic carbocycles. The molecule has 0 saturated heterocycles.